The average Bonchev–Trinajstić information content (AvgIpc) is 2.67. The number of hydrogen-bond donors (Lipinski definition) is 3. The van der Waals surface area contributed by atoms with E-state index in [0.29, 0.717) is 35.5 Å². The van der Waals surface area contributed by atoms with Crippen molar-refractivity contribution in [3.05, 3.63) is 61.3 Å². The fraction of sp³-hybridized carbons (Fsp3) is 0.474. The molecule has 7 heteroatoms. The molecule has 1 atom stereocenters. The maximum absolute atomic E-state index is 12.4. The molecule has 1 fully saturated rings. The van der Waals surface area contributed by atoms with Crippen LogP contribution in [-0.2, 0) is 13.1 Å². The van der Waals surface area contributed by atoms with Crippen molar-refractivity contribution in [2.24, 2.45) is 0 Å². The van der Waals surface area contributed by atoms with Gasteiger partial charge in [0.05, 0.1) is 12.6 Å². The van der Waals surface area contributed by atoms with E-state index in [4.69, 9.17) is 11.6 Å². The second-order valence-electron chi connectivity index (χ2n) is 7.29. The fourth-order valence-electron chi connectivity index (χ4n) is 4.21. The maximum atomic E-state index is 12.4. The highest BCUT2D eigenvalue weighted by Crippen LogP contribution is 2.20. The van der Waals surface area contributed by atoms with E-state index in [1.54, 1.807) is 4.57 Å². The zero-order valence-corrected chi connectivity index (χ0v) is 15.4. The van der Waals surface area contributed by atoms with Gasteiger partial charge in [-0.1, -0.05) is 36.2 Å². The number of aromatic nitrogens is 2. The van der Waals surface area contributed by atoms with Crippen LogP contribution in [0, 0.1) is 0 Å². The highest BCUT2D eigenvalue weighted by Gasteiger charge is 2.31. The van der Waals surface area contributed by atoms with Gasteiger partial charge in [-0.25, -0.2) is 4.79 Å². The number of H-pyrrole nitrogens is 1. The summed E-state index contributed by atoms with van der Waals surface area (Å²) < 4.78 is 1.59. The fourth-order valence-corrected chi connectivity index (χ4v) is 4.41. The average molecular weight is 376 g/mol. The molecule has 138 valence electrons. The lowest BCUT2D eigenvalue weighted by Crippen LogP contribution is -3.16. The molecule has 1 aliphatic carbocycles. The zero-order chi connectivity index (χ0) is 18.1. The van der Waals surface area contributed by atoms with Gasteiger partial charge in [-0.3, -0.25) is 14.3 Å². The van der Waals surface area contributed by atoms with Crippen LogP contribution in [0.2, 0.25) is 5.02 Å². The first-order valence-electron chi connectivity index (χ1n) is 9.31. The zero-order valence-electron chi connectivity index (χ0n) is 14.7. The number of rotatable bonds is 3. The first kappa shape index (κ1) is 17.4. The van der Waals surface area contributed by atoms with Gasteiger partial charge < -0.3 is 10.2 Å². The number of hydrogen-bond acceptors (Lipinski definition) is 3. The molecular formula is C19H24ClN4O2+. The summed E-state index contributed by atoms with van der Waals surface area (Å²) in [6.45, 7) is 1.73. The Kier molecular flexibility index (Phi) is 4.87. The van der Waals surface area contributed by atoms with Crippen molar-refractivity contribution in [3.63, 3.8) is 0 Å². The van der Waals surface area contributed by atoms with Crippen LogP contribution < -0.4 is 21.5 Å². The molecule has 0 radical (unpaired) electrons. The van der Waals surface area contributed by atoms with Crippen LogP contribution in [0.1, 0.15) is 43.2 Å². The Bertz CT molecular complexity index is 914. The van der Waals surface area contributed by atoms with E-state index < -0.39 is 5.69 Å². The molecular weight excluding hydrogens is 352 g/mol. The Hall–Kier alpha value is -2.05. The molecule has 0 amide bonds. The number of nitrogens with zero attached hydrogens (tertiary/aromatic N) is 1. The van der Waals surface area contributed by atoms with Gasteiger partial charge in [0.25, 0.3) is 5.56 Å². The highest BCUT2D eigenvalue weighted by atomic mass is 35.5. The summed E-state index contributed by atoms with van der Waals surface area (Å²) in [4.78, 5) is 28.7. The van der Waals surface area contributed by atoms with E-state index >= 15 is 0 Å². The minimum Gasteiger partial charge on any atom is -0.324 e. The van der Waals surface area contributed by atoms with Crippen LogP contribution in [0.15, 0.2) is 33.9 Å². The van der Waals surface area contributed by atoms with Crippen molar-refractivity contribution in [3.8, 4) is 0 Å². The molecule has 1 saturated carbocycles. The van der Waals surface area contributed by atoms with Crippen LogP contribution >= 0.6 is 11.6 Å². The van der Waals surface area contributed by atoms with Gasteiger partial charge in [0, 0.05) is 5.02 Å². The van der Waals surface area contributed by atoms with Crippen molar-refractivity contribution in [2.75, 3.05) is 12.0 Å². The van der Waals surface area contributed by atoms with Gasteiger partial charge in [0.2, 0.25) is 0 Å². The molecule has 1 unspecified atom stereocenters. The van der Waals surface area contributed by atoms with Crippen LogP contribution in [0.3, 0.4) is 0 Å². The molecule has 1 aromatic carbocycles. The topological polar surface area (TPSA) is 71.3 Å². The molecule has 4 rings (SSSR count). The lowest BCUT2D eigenvalue weighted by atomic mass is 9.94. The van der Waals surface area contributed by atoms with Crippen LogP contribution in [0.25, 0.3) is 0 Å². The quantitative estimate of drug-likeness (QED) is 0.758. The second kappa shape index (κ2) is 7.29. The molecule has 2 aliphatic rings. The van der Waals surface area contributed by atoms with Crippen molar-refractivity contribution in [2.45, 2.75) is 51.2 Å². The molecule has 0 bridgehead atoms. The van der Waals surface area contributed by atoms with Gasteiger partial charge in [0.15, 0.2) is 6.67 Å². The summed E-state index contributed by atoms with van der Waals surface area (Å²) in [6.07, 6.45) is 6.27. The molecule has 2 aromatic rings. The normalized spacial score (nSPS) is 20.4. The van der Waals surface area contributed by atoms with Gasteiger partial charge in [-0.2, -0.15) is 0 Å². The maximum Gasteiger partial charge on any atom is 0.330 e. The number of fused-ring (bicyclic) bond motifs is 1. The first-order chi connectivity index (χ1) is 12.6. The van der Waals surface area contributed by atoms with Gasteiger partial charge in [-0.15, -0.1) is 0 Å². The number of benzene rings is 1. The number of quaternary nitrogens is 1. The summed E-state index contributed by atoms with van der Waals surface area (Å²) in [5.41, 5.74) is 0.848. The summed E-state index contributed by atoms with van der Waals surface area (Å²) in [5, 5.41) is 3.98. The summed E-state index contributed by atoms with van der Waals surface area (Å²) in [5.74, 6) is 0.637. The minimum absolute atomic E-state index is 0.277. The summed E-state index contributed by atoms with van der Waals surface area (Å²) >= 11 is 6.25. The number of anilines is 1. The first-order valence-corrected chi connectivity index (χ1v) is 9.69. The SMILES string of the molecule is O=c1[nH]c(=O)n(Cc2ccccc2Cl)c2c1C[NH+](C1CCCCC1)CN2. The smallest absolute Gasteiger partial charge is 0.324 e. The number of halogens is 1. The van der Waals surface area contributed by atoms with Gasteiger partial charge in [-0.05, 0) is 37.3 Å². The van der Waals surface area contributed by atoms with Crippen LogP contribution in [0.4, 0.5) is 5.82 Å². The van der Waals surface area contributed by atoms with E-state index in [1.807, 2.05) is 24.3 Å². The largest absolute Gasteiger partial charge is 0.330 e. The van der Waals surface area contributed by atoms with Crippen molar-refractivity contribution in [1.82, 2.24) is 9.55 Å². The molecule has 3 N–H and O–H groups in total. The molecule has 6 nitrogen and oxygen atoms in total. The third-order valence-electron chi connectivity index (χ3n) is 5.65. The van der Waals surface area contributed by atoms with Crippen LogP contribution in [0.5, 0.6) is 0 Å². The van der Waals surface area contributed by atoms with E-state index in [1.165, 1.54) is 37.0 Å². The third-order valence-corrected chi connectivity index (χ3v) is 6.02. The molecule has 1 aliphatic heterocycles. The Morgan fingerprint density at radius 1 is 1.15 bits per heavy atom. The lowest BCUT2D eigenvalue weighted by molar-refractivity contribution is -0.938. The standard InChI is InChI=1S/C19H23ClN4O2/c20-16-9-5-4-6-13(16)10-24-17-15(18(25)22-19(24)26)11-23(12-21-17)14-7-2-1-3-8-14/h4-6,9,14,21H,1-3,7-8,10-12H2,(H,22,25,26)/p+1. The number of nitrogens with one attached hydrogen (secondary N) is 3. The van der Waals surface area contributed by atoms with Crippen molar-refractivity contribution < 1.29 is 4.90 Å². The highest BCUT2D eigenvalue weighted by molar-refractivity contribution is 6.31. The van der Waals surface area contributed by atoms with E-state index in [2.05, 4.69) is 10.3 Å². The summed E-state index contributed by atoms with van der Waals surface area (Å²) in [6, 6.07) is 8.05. The summed E-state index contributed by atoms with van der Waals surface area (Å²) in [7, 11) is 0. The second-order valence-corrected chi connectivity index (χ2v) is 7.69. The lowest BCUT2D eigenvalue weighted by Gasteiger charge is -2.35. The Morgan fingerprint density at radius 3 is 2.69 bits per heavy atom. The predicted octanol–water partition coefficient (Wildman–Crippen LogP) is 1.34. The van der Waals surface area contributed by atoms with Gasteiger partial charge >= 0.3 is 5.69 Å². The van der Waals surface area contributed by atoms with E-state index in [-0.39, 0.29) is 5.56 Å². The third kappa shape index (κ3) is 3.31. The Labute approximate surface area is 156 Å². The minimum atomic E-state index is -0.401. The van der Waals surface area contributed by atoms with E-state index in [9.17, 15) is 9.59 Å². The molecule has 2 heterocycles. The Morgan fingerprint density at radius 2 is 1.92 bits per heavy atom. The number of aromatic amines is 1. The predicted molar refractivity (Wildman–Crippen MR) is 102 cm³/mol. The van der Waals surface area contributed by atoms with Crippen LogP contribution in [-0.4, -0.2) is 22.3 Å². The van der Waals surface area contributed by atoms with E-state index in [0.717, 1.165) is 12.2 Å². The Balaban J connectivity index is 1.67. The van der Waals surface area contributed by atoms with Crippen molar-refractivity contribution >= 4 is 17.4 Å². The molecule has 1 aromatic heterocycles. The van der Waals surface area contributed by atoms with Gasteiger partial charge in [0.1, 0.15) is 17.9 Å². The van der Waals surface area contributed by atoms with Crippen molar-refractivity contribution in [1.29, 1.82) is 0 Å². The molecule has 0 saturated heterocycles. The monoisotopic (exact) mass is 375 g/mol. The molecule has 26 heavy (non-hydrogen) atoms. The molecule has 0 spiro atoms.